The second kappa shape index (κ2) is 9.77. The molecule has 0 aromatic carbocycles. The summed E-state index contributed by atoms with van der Waals surface area (Å²) in [7, 11) is 2.08. The van der Waals surface area contributed by atoms with Crippen LogP contribution in [0.15, 0.2) is 0 Å². The molecule has 0 amide bonds. The second-order valence-electron chi connectivity index (χ2n) is 3.18. The average molecular weight is 221 g/mol. The van der Waals surface area contributed by atoms with Crippen molar-refractivity contribution in [2.24, 2.45) is 0 Å². The Bertz CT molecular complexity index is 119. The Morgan fingerprint density at radius 3 is 2.21 bits per heavy atom. The maximum absolute atomic E-state index is 5.45. The standard InChI is InChI=1S/C10H23NO2S/c1-4-12-10(13-5-2)9-11(3)7-6-8-14/h10,14H,4-9H2,1-3H3. The lowest BCUT2D eigenvalue weighted by atomic mass is 10.4. The maximum Gasteiger partial charge on any atom is 0.170 e. The highest BCUT2D eigenvalue weighted by Crippen LogP contribution is 1.99. The third-order valence-electron chi connectivity index (χ3n) is 1.86. The molecule has 0 saturated heterocycles. The van der Waals surface area contributed by atoms with Crippen LogP contribution in [-0.2, 0) is 9.47 Å². The SMILES string of the molecule is CCOC(CN(C)CCCS)OCC. The first-order valence-electron chi connectivity index (χ1n) is 5.27. The fourth-order valence-electron chi connectivity index (χ4n) is 1.21. The molecule has 0 aliphatic heterocycles. The largest absolute Gasteiger partial charge is 0.352 e. The minimum Gasteiger partial charge on any atom is -0.352 e. The van der Waals surface area contributed by atoms with Crippen molar-refractivity contribution in [1.82, 2.24) is 4.90 Å². The molecule has 0 radical (unpaired) electrons. The first-order chi connectivity index (χ1) is 6.74. The Kier molecular flexibility index (Phi) is 9.93. The van der Waals surface area contributed by atoms with Crippen molar-refractivity contribution in [1.29, 1.82) is 0 Å². The Hall–Kier alpha value is 0.230. The van der Waals surface area contributed by atoms with Gasteiger partial charge in [0.2, 0.25) is 0 Å². The van der Waals surface area contributed by atoms with Crippen LogP contribution in [0, 0.1) is 0 Å². The zero-order valence-corrected chi connectivity index (χ0v) is 10.4. The molecule has 0 heterocycles. The van der Waals surface area contributed by atoms with E-state index < -0.39 is 0 Å². The van der Waals surface area contributed by atoms with E-state index in [-0.39, 0.29) is 6.29 Å². The fraction of sp³-hybridized carbons (Fsp3) is 1.00. The van der Waals surface area contributed by atoms with E-state index in [1.54, 1.807) is 0 Å². The van der Waals surface area contributed by atoms with Crippen molar-refractivity contribution in [2.75, 3.05) is 39.1 Å². The monoisotopic (exact) mass is 221 g/mol. The van der Waals surface area contributed by atoms with Gasteiger partial charge in [-0.2, -0.15) is 12.6 Å². The summed E-state index contributed by atoms with van der Waals surface area (Å²) < 4.78 is 10.9. The first-order valence-corrected chi connectivity index (χ1v) is 5.90. The quantitative estimate of drug-likeness (QED) is 0.472. The van der Waals surface area contributed by atoms with Gasteiger partial charge in [0.25, 0.3) is 0 Å². The summed E-state index contributed by atoms with van der Waals surface area (Å²) in [5, 5.41) is 0. The zero-order chi connectivity index (χ0) is 10.8. The fourth-order valence-corrected chi connectivity index (χ4v) is 1.35. The number of rotatable bonds is 9. The lowest BCUT2D eigenvalue weighted by Crippen LogP contribution is -2.33. The summed E-state index contributed by atoms with van der Waals surface area (Å²) in [6.07, 6.45) is 1.01. The van der Waals surface area contributed by atoms with E-state index in [2.05, 4.69) is 24.6 Å². The summed E-state index contributed by atoms with van der Waals surface area (Å²) >= 11 is 4.18. The number of likely N-dealkylation sites (N-methyl/N-ethyl adjacent to an activating group) is 1. The van der Waals surface area contributed by atoms with Crippen molar-refractivity contribution in [3.05, 3.63) is 0 Å². The summed E-state index contributed by atoms with van der Waals surface area (Å²) in [4.78, 5) is 2.21. The van der Waals surface area contributed by atoms with Crippen LogP contribution in [0.5, 0.6) is 0 Å². The Balaban J connectivity index is 3.64. The molecule has 3 nitrogen and oxygen atoms in total. The predicted molar refractivity (Wildman–Crippen MR) is 63.0 cm³/mol. The van der Waals surface area contributed by atoms with Gasteiger partial charge in [-0.15, -0.1) is 0 Å². The van der Waals surface area contributed by atoms with Gasteiger partial charge in [-0.25, -0.2) is 0 Å². The summed E-state index contributed by atoms with van der Waals surface area (Å²) in [5.41, 5.74) is 0. The minimum atomic E-state index is -0.0880. The van der Waals surface area contributed by atoms with E-state index in [9.17, 15) is 0 Å². The number of hydrogen-bond acceptors (Lipinski definition) is 4. The smallest absolute Gasteiger partial charge is 0.170 e. The van der Waals surface area contributed by atoms with E-state index in [4.69, 9.17) is 9.47 Å². The van der Waals surface area contributed by atoms with Crippen LogP contribution in [0.4, 0.5) is 0 Å². The van der Waals surface area contributed by atoms with Crippen LogP contribution in [0.1, 0.15) is 20.3 Å². The van der Waals surface area contributed by atoms with Crippen molar-refractivity contribution < 1.29 is 9.47 Å². The van der Waals surface area contributed by atoms with Gasteiger partial charge in [0, 0.05) is 19.8 Å². The molecule has 14 heavy (non-hydrogen) atoms. The predicted octanol–water partition coefficient (Wildman–Crippen LogP) is 1.64. The number of hydrogen-bond donors (Lipinski definition) is 1. The number of nitrogens with zero attached hydrogens (tertiary/aromatic N) is 1. The van der Waals surface area contributed by atoms with E-state index in [0.717, 1.165) is 25.3 Å². The lowest BCUT2D eigenvalue weighted by Gasteiger charge is -2.23. The van der Waals surface area contributed by atoms with Crippen LogP contribution in [0.3, 0.4) is 0 Å². The number of thiol groups is 1. The van der Waals surface area contributed by atoms with Gasteiger partial charge in [0.1, 0.15) is 0 Å². The van der Waals surface area contributed by atoms with Gasteiger partial charge < -0.3 is 14.4 Å². The molecule has 0 fully saturated rings. The van der Waals surface area contributed by atoms with Gasteiger partial charge >= 0.3 is 0 Å². The molecule has 0 aliphatic carbocycles. The Labute approximate surface area is 93.2 Å². The van der Waals surface area contributed by atoms with Crippen LogP contribution in [0.2, 0.25) is 0 Å². The van der Waals surface area contributed by atoms with Gasteiger partial charge in [-0.1, -0.05) is 0 Å². The lowest BCUT2D eigenvalue weighted by molar-refractivity contribution is -0.145. The average Bonchev–Trinajstić information content (AvgIpc) is 2.15. The van der Waals surface area contributed by atoms with Gasteiger partial charge in [-0.3, -0.25) is 0 Å². The van der Waals surface area contributed by atoms with E-state index in [0.29, 0.717) is 13.2 Å². The van der Waals surface area contributed by atoms with Gasteiger partial charge in [0.15, 0.2) is 6.29 Å². The van der Waals surface area contributed by atoms with Crippen LogP contribution >= 0.6 is 12.6 Å². The topological polar surface area (TPSA) is 21.7 Å². The van der Waals surface area contributed by atoms with Crippen LogP contribution < -0.4 is 0 Å². The van der Waals surface area contributed by atoms with Crippen molar-refractivity contribution in [3.63, 3.8) is 0 Å². The van der Waals surface area contributed by atoms with Crippen molar-refractivity contribution in [2.45, 2.75) is 26.6 Å². The maximum atomic E-state index is 5.45. The molecule has 0 spiro atoms. The highest BCUT2D eigenvalue weighted by molar-refractivity contribution is 7.80. The first kappa shape index (κ1) is 14.2. The molecule has 0 saturated carbocycles. The minimum absolute atomic E-state index is 0.0880. The van der Waals surface area contributed by atoms with E-state index >= 15 is 0 Å². The Morgan fingerprint density at radius 1 is 1.21 bits per heavy atom. The molecule has 0 bridgehead atoms. The normalized spacial score (nSPS) is 11.6. The van der Waals surface area contributed by atoms with Crippen LogP contribution in [-0.4, -0.2) is 50.3 Å². The van der Waals surface area contributed by atoms with E-state index in [1.165, 1.54) is 0 Å². The van der Waals surface area contributed by atoms with Crippen LogP contribution in [0.25, 0.3) is 0 Å². The highest BCUT2D eigenvalue weighted by atomic mass is 32.1. The van der Waals surface area contributed by atoms with Crippen molar-refractivity contribution in [3.8, 4) is 0 Å². The molecular weight excluding hydrogens is 198 g/mol. The molecule has 86 valence electrons. The Morgan fingerprint density at radius 2 is 1.79 bits per heavy atom. The molecule has 0 N–H and O–H groups in total. The second-order valence-corrected chi connectivity index (χ2v) is 3.63. The third-order valence-corrected chi connectivity index (χ3v) is 2.18. The molecule has 0 unspecified atom stereocenters. The number of ether oxygens (including phenoxy) is 2. The zero-order valence-electron chi connectivity index (χ0n) is 9.53. The van der Waals surface area contributed by atoms with E-state index in [1.807, 2.05) is 13.8 Å². The molecule has 4 heteroatoms. The summed E-state index contributed by atoms with van der Waals surface area (Å²) in [5.74, 6) is 0.929. The molecule has 0 aliphatic rings. The van der Waals surface area contributed by atoms with Gasteiger partial charge in [0.05, 0.1) is 0 Å². The molecule has 0 rings (SSSR count). The summed E-state index contributed by atoms with van der Waals surface area (Å²) in [6, 6.07) is 0. The molecule has 0 aromatic heterocycles. The third kappa shape index (κ3) is 7.62. The highest BCUT2D eigenvalue weighted by Gasteiger charge is 2.10. The molecule has 0 aromatic rings. The van der Waals surface area contributed by atoms with Gasteiger partial charge in [-0.05, 0) is 39.6 Å². The molecular formula is C10H23NO2S. The van der Waals surface area contributed by atoms with Crippen molar-refractivity contribution >= 4 is 12.6 Å². The summed E-state index contributed by atoms with van der Waals surface area (Å²) in [6.45, 7) is 7.24. The molecule has 0 atom stereocenters.